The summed E-state index contributed by atoms with van der Waals surface area (Å²) in [6.07, 6.45) is 2.03. The first kappa shape index (κ1) is 16.9. The van der Waals surface area contributed by atoms with Crippen molar-refractivity contribution < 1.29 is 9.59 Å². The number of hydrogen-bond donors (Lipinski definition) is 0. The molecule has 4 atom stereocenters. The third kappa shape index (κ3) is 2.34. The van der Waals surface area contributed by atoms with Crippen LogP contribution in [-0.2, 0) is 9.59 Å². The minimum absolute atomic E-state index is 0.0496. The van der Waals surface area contributed by atoms with Crippen LogP contribution in [0.1, 0.15) is 24.6 Å². The molecule has 2 aromatic carbocycles. The Kier molecular flexibility index (Phi) is 3.62. The molecule has 0 radical (unpaired) electrons. The van der Waals surface area contributed by atoms with Crippen LogP contribution >= 0.6 is 0 Å². The Hall–Kier alpha value is -3.05. The van der Waals surface area contributed by atoms with Gasteiger partial charge in [-0.1, -0.05) is 42.5 Å². The van der Waals surface area contributed by atoms with Crippen LogP contribution in [0, 0.1) is 11.8 Å². The van der Waals surface area contributed by atoms with Crippen LogP contribution in [-0.4, -0.2) is 34.3 Å². The van der Waals surface area contributed by atoms with Crippen LogP contribution in [0.3, 0.4) is 0 Å². The van der Waals surface area contributed by atoms with Crippen molar-refractivity contribution in [1.29, 1.82) is 0 Å². The molecule has 0 aliphatic carbocycles. The lowest BCUT2D eigenvalue weighted by atomic mass is 9.86. The number of nitrogens with zero attached hydrogens (tertiary/aromatic N) is 3. The fourth-order valence-electron chi connectivity index (χ4n) is 5.63. The van der Waals surface area contributed by atoms with Gasteiger partial charge in [-0.2, -0.15) is 0 Å². The molecule has 6 rings (SSSR count). The van der Waals surface area contributed by atoms with Gasteiger partial charge in [-0.05, 0) is 43.7 Å². The molecule has 1 aromatic heterocycles. The van der Waals surface area contributed by atoms with E-state index in [-0.39, 0.29) is 35.7 Å². The molecule has 3 aromatic rings. The molecule has 5 nitrogen and oxygen atoms in total. The highest BCUT2D eigenvalue weighted by molar-refractivity contribution is 6.22. The second kappa shape index (κ2) is 6.22. The topological polar surface area (TPSA) is 53.5 Å². The van der Waals surface area contributed by atoms with Gasteiger partial charge in [0, 0.05) is 11.4 Å². The number of hydrogen-bond acceptors (Lipinski definition) is 4. The Morgan fingerprint density at radius 1 is 0.828 bits per heavy atom. The largest absolute Gasteiger partial charge is 0.290 e. The Morgan fingerprint density at radius 3 is 2.45 bits per heavy atom. The van der Waals surface area contributed by atoms with Gasteiger partial charge in [0.1, 0.15) is 0 Å². The van der Waals surface area contributed by atoms with Crippen molar-refractivity contribution in [1.82, 2.24) is 9.88 Å². The average molecular weight is 383 g/mol. The number of benzene rings is 2. The SMILES string of the molecule is O=C1[C@@H]2[C@H](C(=O)N1c1ccccc1)[C@H]1CCCN1[C@@H]2c1ccc2ccccc2n1. The fourth-order valence-corrected chi connectivity index (χ4v) is 5.63. The maximum atomic E-state index is 13.5. The summed E-state index contributed by atoms with van der Waals surface area (Å²) in [5.74, 6) is -0.767. The second-order valence-electron chi connectivity index (χ2n) is 8.22. The van der Waals surface area contributed by atoms with Gasteiger partial charge in [-0.15, -0.1) is 0 Å². The zero-order valence-corrected chi connectivity index (χ0v) is 15.9. The number of anilines is 1. The van der Waals surface area contributed by atoms with Gasteiger partial charge in [0.25, 0.3) is 0 Å². The number of para-hydroxylation sites is 2. The summed E-state index contributed by atoms with van der Waals surface area (Å²) in [5, 5.41) is 1.09. The maximum absolute atomic E-state index is 13.5. The highest BCUT2D eigenvalue weighted by atomic mass is 16.2. The first-order chi connectivity index (χ1) is 14.2. The molecule has 4 heterocycles. The van der Waals surface area contributed by atoms with E-state index in [1.165, 1.54) is 4.90 Å². The third-order valence-corrected chi connectivity index (χ3v) is 6.79. The summed E-state index contributed by atoms with van der Waals surface area (Å²) < 4.78 is 0. The van der Waals surface area contributed by atoms with Crippen LogP contribution < -0.4 is 4.90 Å². The Labute approximate surface area is 168 Å². The molecule has 144 valence electrons. The van der Waals surface area contributed by atoms with Gasteiger partial charge in [0.05, 0.1) is 34.8 Å². The van der Waals surface area contributed by atoms with Crippen LogP contribution in [0.15, 0.2) is 66.7 Å². The average Bonchev–Trinajstić information content (AvgIpc) is 3.40. The van der Waals surface area contributed by atoms with Gasteiger partial charge in [-0.25, -0.2) is 4.90 Å². The lowest BCUT2D eigenvalue weighted by molar-refractivity contribution is -0.123. The Balaban J connectivity index is 1.46. The highest BCUT2D eigenvalue weighted by Gasteiger charge is 2.63. The van der Waals surface area contributed by atoms with Crippen molar-refractivity contribution in [3.63, 3.8) is 0 Å². The molecule has 2 amide bonds. The van der Waals surface area contributed by atoms with E-state index in [2.05, 4.69) is 11.0 Å². The van der Waals surface area contributed by atoms with E-state index >= 15 is 0 Å². The van der Waals surface area contributed by atoms with Crippen molar-refractivity contribution in [2.24, 2.45) is 11.8 Å². The molecule has 0 unspecified atom stereocenters. The maximum Gasteiger partial charge on any atom is 0.239 e. The highest BCUT2D eigenvalue weighted by Crippen LogP contribution is 2.53. The molecule has 29 heavy (non-hydrogen) atoms. The Morgan fingerprint density at radius 2 is 1.59 bits per heavy atom. The number of amides is 2. The smallest absolute Gasteiger partial charge is 0.239 e. The molecule has 0 N–H and O–H groups in total. The van der Waals surface area contributed by atoms with Gasteiger partial charge in [0.15, 0.2) is 0 Å². The molecule has 3 fully saturated rings. The minimum atomic E-state index is -0.360. The molecular formula is C24H21N3O2. The molecule has 3 aliphatic rings. The van der Waals surface area contributed by atoms with E-state index in [0.29, 0.717) is 5.69 Å². The van der Waals surface area contributed by atoms with Gasteiger partial charge >= 0.3 is 0 Å². The normalized spacial score (nSPS) is 28.9. The number of imide groups is 1. The lowest BCUT2D eigenvalue weighted by Gasteiger charge is -2.28. The summed E-state index contributed by atoms with van der Waals surface area (Å²) >= 11 is 0. The van der Waals surface area contributed by atoms with Crippen LogP contribution in [0.4, 0.5) is 5.69 Å². The van der Waals surface area contributed by atoms with Crippen molar-refractivity contribution in [2.75, 3.05) is 11.4 Å². The van der Waals surface area contributed by atoms with Crippen LogP contribution in [0.2, 0.25) is 0 Å². The first-order valence-electron chi connectivity index (χ1n) is 10.3. The second-order valence-corrected chi connectivity index (χ2v) is 8.22. The first-order valence-corrected chi connectivity index (χ1v) is 10.3. The molecule has 0 saturated carbocycles. The lowest BCUT2D eigenvalue weighted by Crippen LogP contribution is -2.39. The van der Waals surface area contributed by atoms with E-state index in [9.17, 15) is 9.59 Å². The van der Waals surface area contributed by atoms with Crippen LogP contribution in [0.25, 0.3) is 10.9 Å². The standard InChI is InChI=1S/C24H21N3O2/c28-23-20-19-11-6-14-26(19)22(18-13-12-15-7-4-5-10-17(15)25-18)21(20)24(29)27(23)16-8-2-1-3-9-16/h1-5,7-10,12-13,19-22H,6,11,14H2/t19-,20-,21-,22-/m1/s1. The number of carbonyl (C=O) groups is 2. The quantitative estimate of drug-likeness (QED) is 0.635. The van der Waals surface area contributed by atoms with Crippen molar-refractivity contribution in [3.05, 3.63) is 72.4 Å². The summed E-state index contributed by atoms with van der Waals surface area (Å²) in [5.41, 5.74) is 2.51. The number of rotatable bonds is 2. The predicted octanol–water partition coefficient (Wildman–Crippen LogP) is 3.56. The molecule has 3 saturated heterocycles. The fraction of sp³-hybridized carbons (Fsp3) is 0.292. The summed E-state index contributed by atoms with van der Waals surface area (Å²) in [4.78, 5) is 35.6. The van der Waals surface area contributed by atoms with E-state index in [1.807, 2.05) is 60.7 Å². The summed E-state index contributed by atoms with van der Waals surface area (Å²) in [6, 6.07) is 21.5. The predicted molar refractivity (Wildman–Crippen MR) is 110 cm³/mol. The molecule has 0 spiro atoms. The summed E-state index contributed by atoms with van der Waals surface area (Å²) in [6.45, 7) is 0.919. The van der Waals surface area contributed by atoms with E-state index < -0.39 is 0 Å². The minimum Gasteiger partial charge on any atom is -0.290 e. The number of pyridine rings is 1. The summed E-state index contributed by atoms with van der Waals surface area (Å²) in [7, 11) is 0. The van der Waals surface area contributed by atoms with E-state index in [1.54, 1.807) is 0 Å². The number of aromatic nitrogens is 1. The zero-order valence-electron chi connectivity index (χ0n) is 15.9. The van der Waals surface area contributed by atoms with Crippen molar-refractivity contribution >= 4 is 28.4 Å². The molecular weight excluding hydrogens is 362 g/mol. The van der Waals surface area contributed by atoms with Gasteiger partial charge < -0.3 is 0 Å². The third-order valence-electron chi connectivity index (χ3n) is 6.79. The number of carbonyl (C=O) groups excluding carboxylic acids is 2. The van der Waals surface area contributed by atoms with Gasteiger partial charge in [-0.3, -0.25) is 19.5 Å². The Bertz CT molecular complexity index is 1130. The van der Waals surface area contributed by atoms with E-state index in [4.69, 9.17) is 4.98 Å². The zero-order chi connectivity index (χ0) is 19.5. The van der Waals surface area contributed by atoms with Crippen molar-refractivity contribution in [2.45, 2.75) is 24.9 Å². The molecule has 5 heteroatoms. The molecule has 0 bridgehead atoms. The van der Waals surface area contributed by atoms with E-state index in [0.717, 1.165) is 36.0 Å². The monoisotopic (exact) mass is 383 g/mol. The van der Waals surface area contributed by atoms with Crippen LogP contribution in [0.5, 0.6) is 0 Å². The van der Waals surface area contributed by atoms with Crippen molar-refractivity contribution in [3.8, 4) is 0 Å². The number of fused-ring (bicyclic) bond motifs is 4. The molecule has 3 aliphatic heterocycles. The van der Waals surface area contributed by atoms with Gasteiger partial charge in [0.2, 0.25) is 11.8 Å².